The third-order valence-corrected chi connectivity index (χ3v) is 5.97. The quantitative estimate of drug-likeness (QED) is 0.410. The first kappa shape index (κ1) is 17.2. The third kappa shape index (κ3) is 2.83. The summed E-state index contributed by atoms with van der Waals surface area (Å²) in [7, 11) is 0. The number of nitrogens with zero attached hydrogens (tertiary/aromatic N) is 5. The topological polar surface area (TPSA) is 71.8 Å². The predicted molar refractivity (Wildman–Crippen MR) is 119 cm³/mol. The Balaban J connectivity index is 1.48. The highest BCUT2D eigenvalue weighted by atomic mass is 32.2. The van der Waals surface area contributed by atoms with Crippen molar-refractivity contribution in [1.82, 2.24) is 29.5 Å². The van der Waals surface area contributed by atoms with E-state index in [1.54, 1.807) is 11.8 Å². The summed E-state index contributed by atoms with van der Waals surface area (Å²) in [6.45, 7) is 0. The monoisotopic (exact) mass is 408 g/mol. The highest BCUT2D eigenvalue weighted by Crippen LogP contribution is 2.30. The number of thioether (sulfide) groups is 1. The van der Waals surface area contributed by atoms with Gasteiger partial charge in [-0.05, 0) is 24.3 Å². The Morgan fingerprint density at radius 1 is 0.767 bits per heavy atom. The van der Waals surface area contributed by atoms with Gasteiger partial charge in [-0.3, -0.25) is 4.40 Å². The van der Waals surface area contributed by atoms with Gasteiger partial charge in [-0.2, -0.15) is 0 Å². The molecule has 0 unspecified atom stereocenters. The minimum Gasteiger partial charge on any atom is -0.341 e. The van der Waals surface area contributed by atoms with Crippen LogP contribution in [0.4, 0.5) is 0 Å². The maximum Gasteiger partial charge on any atom is 0.197 e. The lowest BCUT2D eigenvalue weighted by atomic mass is 10.2. The Hall–Kier alpha value is -3.71. The van der Waals surface area contributed by atoms with Crippen molar-refractivity contribution in [3.05, 3.63) is 84.7 Å². The largest absolute Gasteiger partial charge is 0.341 e. The Morgan fingerprint density at radius 3 is 2.40 bits per heavy atom. The minimum atomic E-state index is 0.663. The Morgan fingerprint density at radius 2 is 1.53 bits per heavy atom. The van der Waals surface area contributed by atoms with E-state index >= 15 is 0 Å². The van der Waals surface area contributed by atoms with Crippen molar-refractivity contribution in [2.24, 2.45) is 0 Å². The first-order valence-electron chi connectivity index (χ1n) is 9.62. The Kier molecular flexibility index (Phi) is 3.99. The SMILES string of the molecule is c1ccc(-c2nc3ccccc3c3nnc(SCc4nc5ccccc5[nH]4)n23)cc1. The molecule has 30 heavy (non-hydrogen) atoms. The van der Waals surface area contributed by atoms with E-state index in [1.165, 1.54) is 0 Å². The molecule has 0 fully saturated rings. The Bertz CT molecular complexity index is 1470. The molecule has 1 N–H and O–H groups in total. The summed E-state index contributed by atoms with van der Waals surface area (Å²) in [5, 5.41) is 10.8. The van der Waals surface area contributed by atoms with E-state index in [0.717, 1.165) is 50.0 Å². The molecule has 0 bridgehead atoms. The minimum absolute atomic E-state index is 0.663. The summed E-state index contributed by atoms with van der Waals surface area (Å²) in [5.74, 6) is 2.41. The smallest absolute Gasteiger partial charge is 0.197 e. The van der Waals surface area contributed by atoms with Crippen LogP contribution in [0, 0.1) is 0 Å². The zero-order valence-electron chi connectivity index (χ0n) is 15.9. The molecule has 6 nitrogen and oxygen atoms in total. The fourth-order valence-electron chi connectivity index (χ4n) is 3.64. The van der Waals surface area contributed by atoms with Gasteiger partial charge in [-0.1, -0.05) is 66.4 Å². The number of aromatic amines is 1. The molecule has 0 amide bonds. The Labute approximate surface area is 176 Å². The summed E-state index contributed by atoms with van der Waals surface area (Å²) in [6, 6.07) is 26.2. The van der Waals surface area contributed by atoms with E-state index in [9.17, 15) is 0 Å². The highest BCUT2D eigenvalue weighted by Gasteiger charge is 2.17. The van der Waals surface area contributed by atoms with Crippen LogP contribution in [0.2, 0.25) is 0 Å². The van der Waals surface area contributed by atoms with E-state index < -0.39 is 0 Å². The van der Waals surface area contributed by atoms with Gasteiger partial charge in [0.15, 0.2) is 10.8 Å². The molecule has 0 aliphatic heterocycles. The van der Waals surface area contributed by atoms with E-state index in [4.69, 9.17) is 4.98 Å². The zero-order valence-corrected chi connectivity index (χ0v) is 16.7. The molecule has 6 aromatic rings. The van der Waals surface area contributed by atoms with Crippen LogP contribution in [-0.2, 0) is 5.75 Å². The molecular formula is C23H16N6S. The average Bonchev–Trinajstić information content (AvgIpc) is 3.42. The standard InChI is InChI=1S/C23H16N6S/c1-2-8-15(9-3-1)21-26-17-11-5-4-10-16(17)22-27-28-23(29(21)22)30-14-20-24-18-12-6-7-13-19(18)25-20/h1-13H,14H2,(H,24,25). The molecule has 3 aromatic heterocycles. The second kappa shape index (κ2) is 6.96. The molecule has 0 spiro atoms. The van der Waals surface area contributed by atoms with Gasteiger partial charge in [0.05, 0.1) is 22.3 Å². The first-order chi connectivity index (χ1) is 14.9. The van der Waals surface area contributed by atoms with Crippen molar-refractivity contribution in [2.45, 2.75) is 10.9 Å². The molecule has 0 saturated heterocycles. The lowest BCUT2D eigenvalue weighted by Gasteiger charge is -2.09. The maximum atomic E-state index is 4.94. The van der Waals surface area contributed by atoms with Gasteiger partial charge in [0, 0.05) is 10.9 Å². The number of nitrogens with one attached hydrogen (secondary N) is 1. The van der Waals surface area contributed by atoms with Crippen LogP contribution >= 0.6 is 11.8 Å². The second-order valence-electron chi connectivity index (χ2n) is 6.95. The molecule has 0 aliphatic rings. The third-order valence-electron chi connectivity index (χ3n) is 5.02. The number of imidazole rings is 1. The normalized spacial score (nSPS) is 11.6. The van der Waals surface area contributed by atoms with Gasteiger partial charge in [-0.15, -0.1) is 10.2 Å². The van der Waals surface area contributed by atoms with Crippen molar-refractivity contribution < 1.29 is 0 Å². The fraction of sp³-hybridized carbons (Fsp3) is 0.0435. The van der Waals surface area contributed by atoms with Crippen molar-refractivity contribution >= 4 is 39.3 Å². The summed E-state index contributed by atoms with van der Waals surface area (Å²) in [4.78, 5) is 13.0. The van der Waals surface area contributed by atoms with Crippen LogP contribution in [0.3, 0.4) is 0 Å². The van der Waals surface area contributed by atoms with Crippen LogP contribution in [0.15, 0.2) is 84.0 Å². The van der Waals surface area contributed by atoms with Gasteiger partial charge in [0.2, 0.25) is 0 Å². The summed E-state index contributed by atoms with van der Waals surface area (Å²) in [5.41, 5.74) is 4.75. The molecule has 3 heterocycles. The number of fused-ring (bicyclic) bond motifs is 4. The number of benzene rings is 3. The lowest BCUT2D eigenvalue weighted by Crippen LogP contribution is -1.99. The van der Waals surface area contributed by atoms with E-state index in [1.807, 2.05) is 71.1 Å². The van der Waals surface area contributed by atoms with Gasteiger partial charge >= 0.3 is 0 Å². The van der Waals surface area contributed by atoms with Gasteiger partial charge in [0.25, 0.3) is 0 Å². The van der Waals surface area contributed by atoms with Gasteiger partial charge in [0.1, 0.15) is 11.6 Å². The number of rotatable bonds is 4. The molecular weight excluding hydrogens is 392 g/mol. The molecule has 0 atom stereocenters. The van der Waals surface area contributed by atoms with E-state index in [-0.39, 0.29) is 0 Å². The number of hydrogen-bond acceptors (Lipinski definition) is 5. The molecule has 144 valence electrons. The maximum absolute atomic E-state index is 4.94. The number of aromatic nitrogens is 6. The molecule has 3 aromatic carbocycles. The van der Waals surface area contributed by atoms with Crippen LogP contribution in [-0.4, -0.2) is 29.5 Å². The zero-order chi connectivity index (χ0) is 19.9. The summed E-state index contributed by atoms with van der Waals surface area (Å²) in [6.07, 6.45) is 0. The molecule has 7 heteroatoms. The predicted octanol–water partition coefficient (Wildman–Crippen LogP) is 5.11. The van der Waals surface area contributed by atoms with Crippen molar-refractivity contribution in [3.8, 4) is 11.4 Å². The summed E-state index contributed by atoms with van der Waals surface area (Å²) < 4.78 is 2.05. The molecule has 0 radical (unpaired) electrons. The van der Waals surface area contributed by atoms with Crippen LogP contribution in [0.5, 0.6) is 0 Å². The van der Waals surface area contributed by atoms with Crippen LogP contribution in [0.25, 0.3) is 39.0 Å². The molecule has 6 rings (SSSR count). The van der Waals surface area contributed by atoms with Gasteiger partial charge in [-0.25, -0.2) is 9.97 Å². The van der Waals surface area contributed by atoms with E-state index in [0.29, 0.717) is 5.75 Å². The number of hydrogen-bond donors (Lipinski definition) is 1. The number of para-hydroxylation sites is 3. The first-order valence-corrected chi connectivity index (χ1v) is 10.6. The number of H-pyrrole nitrogens is 1. The van der Waals surface area contributed by atoms with Crippen molar-refractivity contribution in [3.63, 3.8) is 0 Å². The van der Waals surface area contributed by atoms with E-state index in [2.05, 4.69) is 32.3 Å². The van der Waals surface area contributed by atoms with Crippen molar-refractivity contribution in [2.75, 3.05) is 0 Å². The fourth-order valence-corrected chi connectivity index (χ4v) is 4.44. The van der Waals surface area contributed by atoms with Crippen LogP contribution < -0.4 is 0 Å². The lowest BCUT2D eigenvalue weighted by molar-refractivity contribution is 0.911. The van der Waals surface area contributed by atoms with Crippen molar-refractivity contribution in [1.29, 1.82) is 0 Å². The van der Waals surface area contributed by atoms with Gasteiger partial charge < -0.3 is 4.98 Å². The highest BCUT2D eigenvalue weighted by molar-refractivity contribution is 7.98. The second-order valence-corrected chi connectivity index (χ2v) is 7.89. The van der Waals surface area contributed by atoms with Crippen LogP contribution in [0.1, 0.15) is 5.82 Å². The molecule has 0 aliphatic carbocycles. The summed E-state index contributed by atoms with van der Waals surface area (Å²) >= 11 is 1.60. The molecule has 0 saturated carbocycles. The average molecular weight is 408 g/mol.